The number of hydrogen-bond acceptors (Lipinski definition) is 4. The van der Waals surface area contributed by atoms with Crippen LogP contribution in [0.2, 0.25) is 5.02 Å². The molecule has 0 radical (unpaired) electrons. The second-order valence-corrected chi connectivity index (χ2v) is 5.56. The summed E-state index contributed by atoms with van der Waals surface area (Å²) in [5, 5.41) is 11.4. The van der Waals surface area contributed by atoms with Gasteiger partial charge in [-0.1, -0.05) is 54.1 Å². The zero-order valence-corrected chi connectivity index (χ0v) is 13.9. The van der Waals surface area contributed by atoms with E-state index >= 15 is 0 Å². The molecule has 0 aliphatic rings. The molecule has 7 heteroatoms. The van der Waals surface area contributed by atoms with E-state index in [1.807, 2.05) is 30.3 Å². The average molecular weight is 355 g/mol. The number of ether oxygens (including phenoxy) is 1. The minimum atomic E-state index is -0.380. The van der Waals surface area contributed by atoms with Crippen LogP contribution in [0, 0.1) is 0 Å². The number of aromatic amines is 1. The van der Waals surface area contributed by atoms with Gasteiger partial charge < -0.3 is 4.74 Å². The van der Waals surface area contributed by atoms with Crippen molar-refractivity contribution in [1.82, 2.24) is 15.6 Å². The molecule has 0 unspecified atom stereocenters. The number of halogens is 1. The number of H-pyrrole nitrogens is 1. The van der Waals surface area contributed by atoms with Gasteiger partial charge in [-0.15, -0.1) is 5.10 Å². The first-order chi connectivity index (χ1) is 12.2. The van der Waals surface area contributed by atoms with E-state index in [1.165, 1.54) is 6.21 Å². The maximum atomic E-state index is 11.7. The molecular formula is C18H15ClN4O2. The third-order valence-corrected chi connectivity index (χ3v) is 3.52. The second kappa shape index (κ2) is 8.12. The van der Waals surface area contributed by atoms with E-state index in [0.717, 1.165) is 16.8 Å². The molecule has 126 valence electrons. The molecule has 0 saturated heterocycles. The SMILES string of the molecule is O=C(COc1cc(-c2ccccc2)[nH]n1)N/N=C/c1ccc(Cl)cc1. The summed E-state index contributed by atoms with van der Waals surface area (Å²) in [6.07, 6.45) is 1.52. The third kappa shape index (κ3) is 4.92. The highest BCUT2D eigenvalue weighted by Crippen LogP contribution is 2.20. The van der Waals surface area contributed by atoms with Gasteiger partial charge in [0.1, 0.15) is 0 Å². The number of amides is 1. The molecule has 0 aliphatic heterocycles. The van der Waals surface area contributed by atoms with Crippen molar-refractivity contribution in [2.75, 3.05) is 6.61 Å². The molecular weight excluding hydrogens is 340 g/mol. The molecule has 1 amide bonds. The number of benzene rings is 2. The van der Waals surface area contributed by atoms with E-state index in [1.54, 1.807) is 30.3 Å². The lowest BCUT2D eigenvalue weighted by molar-refractivity contribution is -0.123. The Morgan fingerprint density at radius 3 is 2.72 bits per heavy atom. The Morgan fingerprint density at radius 1 is 1.20 bits per heavy atom. The van der Waals surface area contributed by atoms with Gasteiger partial charge in [-0.25, -0.2) is 5.43 Å². The zero-order valence-electron chi connectivity index (χ0n) is 13.1. The molecule has 3 rings (SSSR count). The molecule has 6 nitrogen and oxygen atoms in total. The van der Waals surface area contributed by atoms with Gasteiger partial charge in [0.2, 0.25) is 5.88 Å². The van der Waals surface area contributed by atoms with Crippen LogP contribution >= 0.6 is 11.6 Å². The van der Waals surface area contributed by atoms with Crippen LogP contribution in [0.25, 0.3) is 11.3 Å². The molecule has 0 spiro atoms. The Morgan fingerprint density at radius 2 is 1.96 bits per heavy atom. The molecule has 0 fully saturated rings. The van der Waals surface area contributed by atoms with Crippen molar-refractivity contribution in [2.24, 2.45) is 5.10 Å². The van der Waals surface area contributed by atoms with E-state index in [4.69, 9.17) is 16.3 Å². The predicted molar refractivity (Wildman–Crippen MR) is 96.7 cm³/mol. The third-order valence-electron chi connectivity index (χ3n) is 3.26. The molecule has 0 bridgehead atoms. The van der Waals surface area contributed by atoms with Crippen LogP contribution in [-0.2, 0) is 4.79 Å². The molecule has 0 saturated carbocycles. The average Bonchev–Trinajstić information content (AvgIpc) is 3.11. The minimum absolute atomic E-state index is 0.183. The fourth-order valence-corrected chi connectivity index (χ4v) is 2.17. The Kier molecular flexibility index (Phi) is 5.43. The van der Waals surface area contributed by atoms with Gasteiger partial charge in [0, 0.05) is 11.1 Å². The summed E-state index contributed by atoms with van der Waals surface area (Å²) < 4.78 is 5.34. The van der Waals surface area contributed by atoms with Crippen LogP contribution in [0.15, 0.2) is 65.8 Å². The fraction of sp³-hybridized carbons (Fsp3) is 0.0556. The molecule has 2 aromatic carbocycles. The van der Waals surface area contributed by atoms with Gasteiger partial charge in [0.25, 0.3) is 5.91 Å². The van der Waals surface area contributed by atoms with Crippen molar-refractivity contribution in [1.29, 1.82) is 0 Å². The predicted octanol–water partition coefficient (Wildman–Crippen LogP) is 3.26. The Bertz CT molecular complexity index is 860. The van der Waals surface area contributed by atoms with Crippen molar-refractivity contribution in [3.63, 3.8) is 0 Å². The smallest absolute Gasteiger partial charge is 0.278 e. The molecule has 2 N–H and O–H groups in total. The van der Waals surface area contributed by atoms with Crippen molar-refractivity contribution in [3.8, 4) is 17.1 Å². The number of aromatic nitrogens is 2. The summed E-state index contributed by atoms with van der Waals surface area (Å²) in [6.45, 7) is -0.183. The number of rotatable bonds is 6. The Labute approximate surface area is 149 Å². The number of carbonyl (C=O) groups is 1. The lowest BCUT2D eigenvalue weighted by Gasteiger charge is -2.01. The van der Waals surface area contributed by atoms with E-state index < -0.39 is 0 Å². The Balaban J connectivity index is 1.48. The van der Waals surface area contributed by atoms with Crippen molar-refractivity contribution < 1.29 is 9.53 Å². The van der Waals surface area contributed by atoms with Gasteiger partial charge in [-0.3, -0.25) is 9.89 Å². The van der Waals surface area contributed by atoms with Crippen LogP contribution < -0.4 is 10.2 Å². The summed E-state index contributed by atoms with van der Waals surface area (Å²) in [5.74, 6) is -0.0369. The van der Waals surface area contributed by atoms with E-state index in [9.17, 15) is 4.79 Å². The largest absolute Gasteiger partial charge is 0.466 e. The van der Waals surface area contributed by atoms with Gasteiger partial charge in [0.05, 0.1) is 11.9 Å². The van der Waals surface area contributed by atoms with Crippen LogP contribution in [0.1, 0.15) is 5.56 Å². The highest BCUT2D eigenvalue weighted by molar-refractivity contribution is 6.30. The first-order valence-corrected chi connectivity index (χ1v) is 7.89. The van der Waals surface area contributed by atoms with Gasteiger partial charge in [-0.2, -0.15) is 5.10 Å². The lowest BCUT2D eigenvalue weighted by atomic mass is 10.2. The van der Waals surface area contributed by atoms with E-state index in [-0.39, 0.29) is 12.5 Å². The van der Waals surface area contributed by atoms with Crippen molar-refractivity contribution in [3.05, 3.63) is 71.2 Å². The highest BCUT2D eigenvalue weighted by atomic mass is 35.5. The second-order valence-electron chi connectivity index (χ2n) is 5.12. The number of nitrogens with zero attached hydrogens (tertiary/aromatic N) is 2. The number of carbonyl (C=O) groups excluding carboxylic acids is 1. The summed E-state index contributed by atoms with van der Waals surface area (Å²) in [7, 11) is 0. The first kappa shape index (κ1) is 16.7. The summed E-state index contributed by atoms with van der Waals surface area (Å²) in [6, 6.07) is 18.5. The summed E-state index contributed by atoms with van der Waals surface area (Å²) >= 11 is 5.80. The molecule has 1 aromatic heterocycles. The van der Waals surface area contributed by atoms with Crippen molar-refractivity contribution in [2.45, 2.75) is 0 Å². The van der Waals surface area contributed by atoms with E-state index in [2.05, 4.69) is 20.7 Å². The number of hydrazone groups is 1. The van der Waals surface area contributed by atoms with Gasteiger partial charge >= 0.3 is 0 Å². The number of hydrogen-bond donors (Lipinski definition) is 2. The van der Waals surface area contributed by atoms with E-state index in [0.29, 0.717) is 10.9 Å². The van der Waals surface area contributed by atoms with Crippen LogP contribution in [0.3, 0.4) is 0 Å². The first-order valence-electron chi connectivity index (χ1n) is 7.52. The van der Waals surface area contributed by atoms with Crippen molar-refractivity contribution >= 4 is 23.7 Å². The number of nitrogens with one attached hydrogen (secondary N) is 2. The summed E-state index contributed by atoms with van der Waals surface area (Å²) in [5.41, 5.74) is 5.02. The standard InChI is InChI=1S/C18H15ClN4O2/c19-15-8-6-13(7-9-15)11-20-22-17(24)12-25-18-10-16(21-23-18)14-4-2-1-3-5-14/h1-11H,12H2,(H,21,23)(H,22,24)/b20-11+. The van der Waals surface area contributed by atoms with Crippen LogP contribution in [-0.4, -0.2) is 28.9 Å². The normalized spacial score (nSPS) is 10.8. The molecule has 3 aromatic rings. The monoisotopic (exact) mass is 354 g/mol. The highest BCUT2D eigenvalue weighted by Gasteiger charge is 2.06. The molecule has 0 atom stereocenters. The van der Waals surface area contributed by atoms with Gasteiger partial charge in [-0.05, 0) is 23.3 Å². The molecule has 25 heavy (non-hydrogen) atoms. The molecule has 0 aliphatic carbocycles. The topological polar surface area (TPSA) is 79.4 Å². The Hall–Kier alpha value is -3.12. The minimum Gasteiger partial charge on any atom is -0.466 e. The van der Waals surface area contributed by atoms with Gasteiger partial charge in [0.15, 0.2) is 6.61 Å². The lowest BCUT2D eigenvalue weighted by Crippen LogP contribution is -2.24. The zero-order chi connectivity index (χ0) is 17.5. The quantitative estimate of drug-likeness (QED) is 0.526. The maximum absolute atomic E-state index is 11.7. The maximum Gasteiger partial charge on any atom is 0.278 e. The van der Waals surface area contributed by atoms with Crippen LogP contribution in [0.4, 0.5) is 0 Å². The fourth-order valence-electron chi connectivity index (χ4n) is 2.04. The van der Waals surface area contributed by atoms with Crippen LogP contribution in [0.5, 0.6) is 5.88 Å². The molecule has 1 heterocycles. The summed E-state index contributed by atoms with van der Waals surface area (Å²) in [4.78, 5) is 11.7.